The molecule has 5 heteroatoms. The van der Waals surface area contributed by atoms with Gasteiger partial charge in [0.2, 0.25) is 0 Å². The molecule has 0 aromatic heterocycles. The van der Waals surface area contributed by atoms with Crippen molar-refractivity contribution in [3.05, 3.63) is 24.8 Å². The molecule has 0 unspecified atom stereocenters. The highest BCUT2D eigenvalue weighted by atomic mass is 16.6. The van der Waals surface area contributed by atoms with Gasteiger partial charge in [0.15, 0.2) is 0 Å². The highest BCUT2D eigenvalue weighted by molar-refractivity contribution is 4.96. The zero-order valence-electron chi connectivity index (χ0n) is 15.8. The fraction of sp³-hybridized carbons (Fsp3) is 0.800. The minimum absolute atomic E-state index is 0.0529. The maximum atomic E-state index is 8.52. The van der Waals surface area contributed by atoms with Crippen molar-refractivity contribution >= 4 is 0 Å². The van der Waals surface area contributed by atoms with Crippen LogP contribution in [0.1, 0.15) is 44.9 Å². The molecule has 0 aromatic carbocycles. The molecule has 0 aromatic rings. The zero-order chi connectivity index (χ0) is 18.3. The summed E-state index contributed by atoms with van der Waals surface area (Å²) in [6, 6.07) is 0. The molecule has 0 aliphatic carbocycles. The number of aliphatic hydroxyl groups is 1. The van der Waals surface area contributed by atoms with Gasteiger partial charge in [-0.1, -0.05) is 50.5 Å². The molecule has 0 bridgehead atoms. The monoisotopic (exact) mass is 358 g/mol. The average molecular weight is 359 g/mol. The van der Waals surface area contributed by atoms with E-state index < -0.39 is 0 Å². The first kappa shape index (κ1) is 24.3. The summed E-state index contributed by atoms with van der Waals surface area (Å²) in [5, 5.41) is 8.52. The Kier molecular flexibility index (Phi) is 22.6. The second kappa shape index (κ2) is 23.3. The van der Waals surface area contributed by atoms with E-state index in [0.29, 0.717) is 46.2 Å². The lowest BCUT2D eigenvalue weighted by Gasteiger charge is -2.07. The number of rotatable bonds is 21. The van der Waals surface area contributed by atoms with Gasteiger partial charge >= 0.3 is 0 Å². The van der Waals surface area contributed by atoms with E-state index in [0.717, 1.165) is 19.4 Å². The van der Waals surface area contributed by atoms with Crippen molar-refractivity contribution in [2.45, 2.75) is 44.9 Å². The van der Waals surface area contributed by atoms with Crippen molar-refractivity contribution in [3.63, 3.8) is 0 Å². The number of hydrogen-bond donors (Lipinski definition) is 1. The van der Waals surface area contributed by atoms with E-state index in [1.807, 2.05) is 12.2 Å². The number of unbranched alkanes of at least 4 members (excludes halogenated alkanes) is 6. The fourth-order valence-corrected chi connectivity index (χ4v) is 2.19. The predicted octanol–water partition coefficient (Wildman–Crippen LogP) is 3.52. The molecule has 5 nitrogen and oxygen atoms in total. The van der Waals surface area contributed by atoms with Gasteiger partial charge < -0.3 is 24.1 Å². The Morgan fingerprint density at radius 3 is 1.64 bits per heavy atom. The van der Waals surface area contributed by atoms with Gasteiger partial charge in [-0.3, -0.25) is 0 Å². The molecule has 0 aliphatic rings. The topological polar surface area (TPSA) is 57.2 Å². The second-order valence-electron chi connectivity index (χ2n) is 5.75. The molecule has 0 spiro atoms. The lowest BCUT2D eigenvalue weighted by Crippen LogP contribution is -2.12. The Bertz CT molecular complexity index is 281. The first-order valence-electron chi connectivity index (χ1n) is 9.61. The minimum atomic E-state index is 0.0529. The smallest absolute Gasteiger partial charge is 0.0701 e. The van der Waals surface area contributed by atoms with E-state index in [1.54, 1.807) is 0 Å². The van der Waals surface area contributed by atoms with Crippen LogP contribution in [0.3, 0.4) is 0 Å². The highest BCUT2D eigenvalue weighted by Gasteiger charge is 1.94. The average Bonchev–Trinajstić information content (AvgIpc) is 2.63. The first-order valence-corrected chi connectivity index (χ1v) is 9.61. The van der Waals surface area contributed by atoms with E-state index >= 15 is 0 Å². The van der Waals surface area contributed by atoms with Gasteiger partial charge in [-0.2, -0.15) is 0 Å². The third-order valence-corrected chi connectivity index (χ3v) is 3.53. The van der Waals surface area contributed by atoms with E-state index in [9.17, 15) is 0 Å². The van der Waals surface area contributed by atoms with Crippen LogP contribution < -0.4 is 0 Å². The second-order valence-corrected chi connectivity index (χ2v) is 5.75. The molecule has 0 atom stereocenters. The van der Waals surface area contributed by atoms with Crippen molar-refractivity contribution in [1.82, 2.24) is 0 Å². The standard InChI is InChI=1S/C20H38O5/c1-2-3-4-5-6-7-8-9-10-11-13-22-15-17-24-19-20-25-18-16-23-14-12-21/h2-4,21H,1,5-20H2. The van der Waals surface area contributed by atoms with Gasteiger partial charge in [0.25, 0.3) is 0 Å². The molecular weight excluding hydrogens is 320 g/mol. The Labute approximate surface area is 154 Å². The Morgan fingerprint density at radius 1 is 0.600 bits per heavy atom. The third-order valence-electron chi connectivity index (χ3n) is 3.53. The molecular formula is C20H38O5. The lowest BCUT2D eigenvalue weighted by molar-refractivity contribution is -0.00577. The summed E-state index contributed by atoms with van der Waals surface area (Å²) in [6.45, 7) is 8.34. The molecule has 0 amide bonds. The van der Waals surface area contributed by atoms with Gasteiger partial charge in [-0.15, -0.1) is 0 Å². The number of hydrogen-bond acceptors (Lipinski definition) is 5. The molecule has 0 saturated carbocycles. The largest absolute Gasteiger partial charge is 0.394 e. The molecule has 0 fully saturated rings. The van der Waals surface area contributed by atoms with E-state index in [4.69, 9.17) is 24.1 Å². The molecule has 148 valence electrons. The van der Waals surface area contributed by atoms with Crippen LogP contribution in [0.15, 0.2) is 24.8 Å². The Hall–Kier alpha value is -0.720. The van der Waals surface area contributed by atoms with E-state index in [-0.39, 0.29) is 6.61 Å². The van der Waals surface area contributed by atoms with Gasteiger partial charge in [0.1, 0.15) is 0 Å². The van der Waals surface area contributed by atoms with Gasteiger partial charge in [-0.25, -0.2) is 0 Å². The molecule has 0 rings (SSSR count). The zero-order valence-corrected chi connectivity index (χ0v) is 15.8. The van der Waals surface area contributed by atoms with Crippen LogP contribution in [0.4, 0.5) is 0 Å². The summed E-state index contributed by atoms with van der Waals surface area (Å²) in [7, 11) is 0. The summed E-state index contributed by atoms with van der Waals surface area (Å²) >= 11 is 0. The summed E-state index contributed by atoms with van der Waals surface area (Å²) in [5.74, 6) is 0. The van der Waals surface area contributed by atoms with Crippen LogP contribution in [-0.4, -0.2) is 64.6 Å². The van der Waals surface area contributed by atoms with Crippen molar-refractivity contribution in [2.24, 2.45) is 0 Å². The van der Waals surface area contributed by atoms with E-state index in [1.165, 1.54) is 32.1 Å². The molecule has 0 radical (unpaired) electrons. The van der Waals surface area contributed by atoms with Crippen molar-refractivity contribution in [1.29, 1.82) is 0 Å². The first-order chi connectivity index (χ1) is 12.4. The van der Waals surface area contributed by atoms with Crippen LogP contribution in [0.2, 0.25) is 0 Å². The quantitative estimate of drug-likeness (QED) is 0.251. The molecule has 0 aliphatic heterocycles. The Morgan fingerprint density at radius 2 is 1.08 bits per heavy atom. The molecule has 0 heterocycles. The van der Waals surface area contributed by atoms with E-state index in [2.05, 4.69) is 12.7 Å². The molecule has 0 saturated heterocycles. The summed E-state index contributed by atoms with van der Waals surface area (Å²) in [5.41, 5.74) is 0. The van der Waals surface area contributed by atoms with Gasteiger partial charge in [0, 0.05) is 6.61 Å². The van der Waals surface area contributed by atoms with Crippen molar-refractivity contribution in [2.75, 3.05) is 59.5 Å². The van der Waals surface area contributed by atoms with Crippen LogP contribution in [-0.2, 0) is 18.9 Å². The minimum Gasteiger partial charge on any atom is -0.394 e. The third kappa shape index (κ3) is 23.3. The van der Waals surface area contributed by atoms with Crippen LogP contribution >= 0.6 is 0 Å². The fourth-order valence-electron chi connectivity index (χ4n) is 2.19. The van der Waals surface area contributed by atoms with Gasteiger partial charge in [-0.05, 0) is 19.3 Å². The van der Waals surface area contributed by atoms with Crippen molar-refractivity contribution in [3.8, 4) is 0 Å². The van der Waals surface area contributed by atoms with Crippen LogP contribution in [0, 0.1) is 0 Å². The summed E-state index contributed by atoms with van der Waals surface area (Å²) in [6.07, 6.45) is 14.8. The van der Waals surface area contributed by atoms with Crippen LogP contribution in [0.25, 0.3) is 0 Å². The number of ether oxygens (including phenoxy) is 4. The predicted molar refractivity (Wildman–Crippen MR) is 102 cm³/mol. The highest BCUT2D eigenvalue weighted by Crippen LogP contribution is 2.07. The summed E-state index contributed by atoms with van der Waals surface area (Å²) < 4.78 is 21.4. The number of aliphatic hydroxyl groups excluding tert-OH is 1. The number of allylic oxidation sites excluding steroid dienone is 3. The summed E-state index contributed by atoms with van der Waals surface area (Å²) in [4.78, 5) is 0. The van der Waals surface area contributed by atoms with Gasteiger partial charge in [0.05, 0.1) is 52.9 Å². The van der Waals surface area contributed by atoms with Crippen LogP contribution in [0.5, 0.6) is 0 Å². The van der Waals surface area contributed by atoms with Crippen molar-refractivity contribution < 1.29 is 24.1 Å². The Balaban J connectivity index is 2.98. The molecule has 1 N–H and O–H groups in total. The molecule has 25 heavy (non-hydrogen) atoms. The normalized spacial score (nSPS) is 11.4. The maximum Gasteiger partial charge on any atom is 0.0701 e. The SMILES string of the molecule is C=CC=CCCCCCCCCOCCOCCOCCOCCO. The lowest BCUT2D eigenvalue weighted by atomic mass is 10.1. The maximum absolute atomic E-state index is 8.52.